The fourth-order valence-electron chi connectivity index (χ4n) is 3.66. The van der Waals surface area contributed by atoms with E-state index in [0.29, 0.717) is 34.5 Å². The Morgan fingerprint density at radius 2 is 2.23 bits per heavy atom. The number of nitrogens with one attached hydrogen (secondary N) is 1. The maximum Gasteiger partial charge on any atom is 0.246 e. The SMILES string of the molecule is CN(C)C/C=C/C(=O)N1CCC(C=Nc2ncnc3[nH]c(C#CCOc4ccccc4Cl)cc23)C1. The monoisotopic (exact) mass is 490 g/mol. The second-order valence-electron chi connectivity index (χ2n) is 8.44. The lowest BCUT2D eigenvalue weighted by molar-refractivity contribution is -0.125. The average molecular weight is 491 g/mol. The van der Waals surface area contributed by atoms with Crippen molar-refractivity contribution in [1.82, 2.24) is 24.8 Å². The summed E-state index contributed by atoms with van der Waals surface area (Å²) in [5.74, 6) is 7.42. The molecule has 1 saturated heterocycles. The molecule has 1 aromatic carbocycles. The van der Waals surface area contributed by atoms with Crippen LogP contribution in [0.25, 0.3) is 11.0 Å². The number of aliphatic imine (C=N–C) groups is 1. The van der Waals surface area contributed by atoms with Gasteiger partial charge in [0.1, 0.15) is 24.3 Å². The number of likely N-dealkylation sites (N-methyl/N-ethyl adjacent to an activating group) is 1. The minimum Gasteiger partial charge on any atom is -0.479 e. The molecule has 9 heteroatoms. The minimum absolute atomic E-state index is 0.0412. The zero-order valence-electron chi connectivity index (χ0n) is 19.7. The largest absolute Gasteiger partial charge is 0.479 e. The summed E-state index contributed by atoms with van der Waals surface area (Å²) < 4.78 is 5.60. The van der Waals surface area contributed by atoms with Gasteiger partial charge in [0, 0.05) is 37.8 Å². The van der Waals surface area contributed by atoms with Crippen LogP contribution in [0, 0.1) is 17.8 Å². The second kappa shape index (κ2) is 11.6. The van der Waals surface area contributed by atoms with E-state index >= 15 is 0 Å². The Morgan fingerprint density at radius 3 is 3.06 bits per heavy atom. The third-order valence-electron chi connectivity index (χ3n) is 5.44. The summed E-state index contributed by atoms with van der Waals surface area (Å²) in [7, 11) is 3.94. The number of ether oxygens (including phenoxy) is 1. The molecule has 4 rings (SSSR count). The number of hydrogen-bond donors (Lipinski definition) is 1. The van der Waals surface area contributed by atoms with Crippen LogP contribution in [-0.2, 0) is 4.79 Å². The summed E-state index contributed by atoms with van der Waals surface area (Å²) in [6, 6.07) is 9.16. The molecular formula is C26H27ClN6O2. The number of aromatic amines is 1. The molecule has 1 aliphatic rings. The van der Waals surface area contributed by atoms with Gasteiger partial charge in [-0.15, -0.1) is 0 Å². The standard InChI is InChI=1S/C26H27ClN6O2/c1-32(2)12-5-10-24(34)33-13-11-19(17-33)16-28-25-21-15-20(31-26(21)30-18-29-25)7-6-14-35-23-9-4-3-8-22(23)27/h3-5,8-10,15-16,18-19H,11-14,17H2,1-2H3,(H,29,30,31)/b10-5+,28-16?. The van der Waals surface area contributed by atoms with Crippen LogP contribution >= 0.6 is 11.6 Å². The molecule has 0 radical (unpaired) electrons. The summed E-state index contributed by atoms with van der Waals surface area (Å²) >= 11 is 6.09. The van der Waals surface area contributed by atoms with Crippen LogP contribution in [0.1, 0.15) is 12.1 Å². The van der Waals surface area contributed by atoms with Crippen molar-refractivity contribution in [1.29, 1.82) is 0 Å². The highest BCUT2D eigenvalue weighted by atomic mass is 35.5. The van der Waals surface area contributed by atoms with Crippen molar-refractivity contribution in [2.24, 2.45) is 10.9 Å². The van der Waals surface area contributed by atoms with Gasteiger partial charge in [0.05, 0.1) is 16.1 Å². The lowest BCUT2D eigenvalue weighted by Crippen LogP contribution is -2.27. The van der Waals surface area contributed by atoms with E-state index in [-0.39, 0.29) is 18.4 Å². The summed E-state index contributed by atoms with van der Waals surface area (Å²) in [6.07, 6.45) is 7.77. The molecule has 2 aromatic heterocycles. The van der Waals surface area contributed by atoms with E-state index in [1.165, 1.54) is 6.33 Å². The third-order valence-corrected chi connectivity index (χ3v) is 5.75. The summed E-state index contributed by atoms with van der Waals surface area (Å²) in [6.45, 7) is 2.32. The van der Waals surface area contributed by atoms with Gasteiger partial charge in [0.15, 0.2) is 5.82 Å². The van der Waals surface area contributed by atoms with Crippen molar-refractivity contribution in [2.75, 3.05) is 40.3 Å². The number of halogens is 1. The van der Waals surface area contributed by atoms with E-state index in [2.05, 4.69) is 31.8 Å². The molecule has 3 heterocycles. The first-order chi connectivity index (χ1) is 17.0. The van der Waals surface area contributed by atoms with Crippen molar-refractivity contribution in [2.45, 2.75) is 6.42 Å². The lowest BCUT2D eigenvalue weighted by Gasteiger charge is -2.13. The summed E-state index contributed by atoms with van der Waals surface area (Å²) in [5.41, 5.74) is 1.36. The molecule has 1 fully saturated rings. The van der Waals surface area contributed by atoms with E-state index < -0.39 is 0 Å². The molecule has 0 spiro atoms. The Balaban J connectivity index is 1.37. The van der Waals surface area contributed by atoms with Crippen LogP contribution in [0.5, 0.6) is 5.75 Å². The van der Waals surface area contributed by atoms with Crippen LogP contribution in [0.2, 0.25) is 5.02 Å². The average Bonchev–Trinajstić information content (AvgIpc) is 3.48. The molecule has 0 saturated carbocycles. The van der Waals surface area contributed by atoms with Crippen LogP contribution in [0.15, 0.2) is 53.8 Å². The number of fused-ring (bicyclic) bond motifs is 1. The van der Waals surface area contributed by atoms with E-state index in [9.17, 15) is 4.79 Å². The van der Waals surface area contributed by atoms with Gasteiger partial charge >= 0.3 is 0 Å². The van der Waals surface area contributed by atoms with Crippen LogP contribution in [0.4, 0.5) is 5.82 Å². The number of hydrogen-bond acceptors (Lipinski definition) is 6. The Labute approximate surface area is 209 Å². The normalized spacial score (nSPS) is 15.9. The van der Waals surface area contributed by atoms with Gasteiger partial charge in [0.25, 0.3) is 0 Å². The van der Waals surface area contributed by atoms with E-state index in [1.54, 1.807) is 18.2 Å². The van der Waals surface area contributed by atoms with E-state index in [0.717, 1.165) is 24.9 Å². The summed E-state index contributed by atoms with van der Waals surface area (Å²) in [5, 5.41) is 1.34. The number of amides is 1. The topological polar surface area (TPSA) is 86.7 Å². The van der Waals surface area contributed by atoms with Gasteiger partial charge in [-0.2, -0.15) is 0 Å². The molecule has 35 heavy (non-hydrogen) atoms. The highest BCUT2D eigenvalue weighted by molar-refractivity contribution is 6.32. The number of para-hydroxylation sites is 1. The van der Waals surface area contributed by atoms with Crippen molar-refractivity contribution in [3.63, 3.8) is 0 Å². The van der Waals surface area contributed by atoms with Gasteiger partial charge in [-0.05, 0) is 44.6 Å². The molecule has 1 N–H and O–H groups in total. The number of carbonyl (C=O) groups is 1. The van der Waals surface area contributed by atoms with Gasteiger partial charge < -0.3 is 19.5 Å². The molecule has 8 nitrogen and oxygen atoms in total. The number of H-pyrrole nitrogens is 1. The predicted octanol–water partition coefficient (Wildman–Crippen LogP) is 3.71. The van der Waals surface area contributed by atoms with E-state index in [1.807, 2.05) is 54.4 Å². The van der Waals surface area contributed by atoms with Gasteiger partial charge in [-0.25, -0.2) is 15.0 Å². The molecule has 180 valence electrons. The Hall–Kier alpha value is -3.67. The number of carbonyl (C=O) groups excluding carboxylic acids is 1. The van der Waals surface area contributed by atoms with Crippen molar-refractivity contribution >= 4 is 40.6 Å². The number of nitrogens with zero attached hydrogens (tertiary/aromatic N) is 5. The van der Waals surface area contributed by atoms with Crippen LogP contribution in [-0.4, -0.2) is 77.2 Å². The summed E-state index contributed by atoms with van der Waals surface area (Å²) in [4.78, 5) is 32.6. The van der Waals surface area contributed by atoms with Gasteiger partial charge in [-0.1, -0.05) is 35.7 Å². The van der Waals surface area contributed by atoms with Crippen molar-refractivity contribution in [3.8, 4) is 17.6 Å². The molecule has 1 aliphatic heterocycles. The fourth-order valence-corrected chi connectivity index (χ4v) is 3.85. The number of likely N-dealkylation sites (tertiary alicyclic amines) is 1. The molecule has 0 aliphatic carbocycles. The van der Waals surface area contributed by atoms with Crippen LogP contribution in [0.3, 0.4) is 0 Å². The first-order valence-corrected chi connectivity index (χ1v) is 11.7. The smallest absolute Gasteiger partial charge is 0.246 e. The highest BCUT2D eigenvalue weighted by Crippen LogP contribution is 2.24. The number of rotatable bonds is 7. The lowest BCUT2D eigenvalue weighted by atomic mass is 10.1. The van der Waals surface area contributed by atoms with Crippen molar-refractivity contribution < 1.29 is 9.53 Å². The fraction of sp³-hybridized carbons (Fsp3) is 0.308. The number of aromatic nitrogens is 3. The minimum atomic E-state index is 0.0412. The first-order valence-electron chi connectivity index (χ1n) is 11.3. The third kappa shape index (κ3) is 6.69. The highest BCUT2D eigenvalue weighted by Gasteiger charge is 2.23. The zero-order chi connectivity index (χ0) is 24.6. The molecule has 1 unspecified atom stereocenters. The van der Waals surface area contributed by atoms with Crippen LogP contribution < -0.4 is 4.74 Å². The molecular weight excluding hydrogens is 464 g/mol. The quantitative estimate of drug-likeness (QED) is 0.310. The maximum atomic E-state index is 12.4. The Bertz CT molecular complexity index is 1300. The molecule has 3 aromatic rings. The maximum absolute atomic E-state index is 12.4. The Kier molecular flexibility index (Phi) is 8.14. The first kappa shape index (κ1) is 24.5. The zero-order valence-corrected chi connectivity index (χ0v) is 20.5. The Morgan fingerprint density at radius 1 is 1.37 bits per heavy atom. The second-order valence-corrected chi connectivity index (χ2v) is 8.85. The molecule has 1 atom stereocenters. The van der Waals surface area contributed by atoms with Crippen molar-refractivity contribution in [3.05, 3.63) is 59.5 Å². The molecule has 0 bridgehead atoms. The predicted molar refractivity (Wildman–Crippen MR) is 138 cm³/mol. The number of benzene rings is 1. The molecule has 1 amide bonds. The van der Waals surface area contributed by atoms with Gasteiger partial charge in [0.2, 0.25) is 5.91 Å². The van der Waals surface area contributed by atoms with E-state index in [4.69, 9.17) is 16.3 Å². The van der Waals surface area contributed by atoms with Gasteiger partial charge in [-0.3, -0.25) is 4.79 Å².